The van der Waals surface area contributed by atoms with Crippen molar-refractivity contribution in [2.24, 2.45) is 0 Å². The summed E-state index contributed by atoms with van der Waals surface area (Å²) >= 11 is 0. The molecule has 3 amide bonds. The number of imide groups is 1. The molecule has 1 heterocycles. The van der Waals surface area contributed by atoms with E-state index in [9.17, 15) is 14.4 Å². The Labute approximate surface area is 192 Å². The largest absolute Gasteiger partial charge is 0.447 e. The van der Waals surface area contributed by atoms with Crippen molar-refractivity contribution >= 4 is 34.6 Å². The minimum absolute atomic E-state index is 0.173. The standard InChI is InChI=1S/C26H26N2O5/c1-26(2,3)33-24(30)27-21-12-11-18-14-20(10-9-19(18)15-21)23(29)28-22(16-32-25(28)31)13-17-7-5-4-6-8-17/h4-12,14-15,22H,13,16H2,1-3H3,(H,27,30)/t22-/m1/s1. The van der Waals surface area contributed by atoms with Crippen molar-refractivity contribution in [2.75, 3.05) is 11.9 Å². The van der Waals surface area contributed by atoms with Gasteiger partial charge in [0.15, 0.2) is 0 Å². The molecule has 0 saturated carbocycles. The van der Waals surface area contributed by atoms with E-state index in [1.54, 1.807) is 51.1 Å². The second-order valence-electron chi connectivity index (χ2n) is 9.00. The van der Waals surface area contributed by atoms with Crippen LogP contribution in [0.15, 0.2) is 66.7 Å². The second-order valence-corrected chi connectivity index (χ2v) is 9.00. The lowest BCUT2D eigenvalue weighted by Crippen LogP contribution is -2.40. The van der Waals surface area contributed by atoms with Crippen LogP contribution in [0.25, 0.3) is 10.8 Å². The molecule has 1 saturated heterocycles. The Balaban J connectivity index is 1.52. The molecule has 7 heteroatoms. The number of rotatable bonds is 4. The van der Waals surface area contributed by atoms with E-state index in [-0.39, 0.29) is 12.6 Å². The summed E-state index contributed by atoms with van der Waals surface area (Å²) in [5.41, 5.74) is 1.42. The van der Waals surface area contributed by atoms with Gasteiger partial charge in [0.25, 0.3) is 5.91 Å². The topological polar surface area (TPSA) is 84.9 Å². The third-order valence-electron chi connectivity index (χ3n) is 5.23. The molecule has 3 aromatic rings. The Morgan fingerprint density at radius 2 is 1.73 bits per heavy atom. The van der Waals surface area contributed by atoms with Crippen molar-refractivity contribution in [3.8, 4) is 0 Å². The Hall–Kier alpha value is -3.87. The van der Waals surface area contributed by atoms with E-state index in [2.05, 4.69) is 5.32 Å². The highest BCUT2D eigenvalue weighted by molar-refractivity contribution is 6.06. The van der Waals surface area contributed by atoms with Gasteiger partial charge in [-0.25, -0.2) is 14.5 Å². The number of fused-ring (bicyclic) bond motifs is 1. The van der Waals surface area contributed by atoms with Crippen LogP contribution in [0.4, 0.5) is 15.3 Å². The zero-order chi connectivity index (χ0) is 23.6. The highest BCUT2D eigenvalue weighted by Gasteiger charge is 2.38. The van der Waals surface area contributed by atoms with E-state index in [0.717, 1.165) is 16.3 Å². The van der Waals surface area contributed by atoms with Gasteiger partial charge in [0.2, 0.25) is 0 Å². The lowest BCUT2D eigenvalue weighted by atomic mass is 10.0. The number of hydrogen-bond donors (Lipinski definition) is 1. The van der Waals surface area contributed by atoms with E-state index < -0.39 is 23.7 Å². The summed E-state index contributed by atoms with van der Waals surface area (Å²) in [5.74, 6) is -0.392. The summed E-state index contributed by atoms with van der Waals surface area (Å²) in [4.78, 5) is 38.7. The Bertz CT molecular complexity index is 1200. The van der Waals surface area contributed by atoms with Crippen molar-refractivity contribution in [3.63, 3.8) is 0 Å². The molecule has 1 atom stereocenters. The van der Waals surface area contributed by atoms with Crippen LogP contribution in [0.1, 0.15) is 36.7 Å². The van der Waals surface area contributed by atoms with Gasteiger partial charge >= 0.3 is 12.2 Å². The predicted octanol–water partition coefficient (Wildman–Crippen LogP) is 5.39. The van der Waals surface area contributed by atoms with Gasteiger partial charge in [-0.3, -0.25) is 10.1 Å². The Morgan fingerprint density at radius 3 is 2.45 bits per heavy atom. The van der Waals surface area contributed by atoms with Crippen LogP contribution in [-0.2, 0) is 15.9 Å². The van der Waals surface area contributed by atoms with Crippen LogP contribution < -0.4 is 5.32 Å². The van der Waals surface area contributed by atoms with Gasteiger partial charge in [-0.15, -0.1) is 0 Å². The zero-order valence-electron chi connectivity index (χ0n) is 18.8. The van der Waals surface area contributed by atoms with Gasteiger partial charge in [0.1, 0.15) is 12.2 Å². The number of carbonyl (C=O) groups excluding carboxylic acids is 3. The lowest BCUT2D eigenvalue weighted by molar-refractivity contribution is 0.0635. The molecular formula is C26H26N2O5. The number of nitrogens with one attached hydrogen (secondary N) is 1. The summed E-state index contributed by atoms with van der Waals surface area (Å²) < 4.78 is 10.5. The summed E-state index contributed by atoms with van der Waals surface area (Å²) in [6.45, 7) is 5.57. The zero-order valence-corrected chi connectivity index (χ0v) is 18.8. The first-order valence-corrected chi connectivity index (χ1v) is 10.8. The van der Waals surface area contributed by atoms with E-state index in [1.807, 2.05) is 36.4 Å². The Morgan fingerprint density at radius 1 is 1.03 bits per heavy atom. The van der Waals surface area contributed by atoms with Crippen LogP contribution in [0.2, 0.25) is 0 Å². The number of nitrogens with zero attached hydrogens (tertiary/aromatic N) is 1. The third kappa shape index (κ3) is 5.31. The van der Waals surface area contributed by atoms with Crippen LogP contribution in [-0.4, -0.2) is 41.2 Å². The molecule has 4 rings (SSSR count). The van der Waals surface area contributed by atoms with Gasteiger partial charge in [-0.05, 0) is 67.8 Å². The molecule has 0 spiro atoms. The first-order chi connectivity index (χ1) is 15.7. The first-order valence-electron chi connectivity index (χ1n) is 10.8. The monoisotopic (exact) mass is 446 g/mol. The predicted molar refractivity (Wildman–Crippen MR) is 125 cm³/mol. The average molecular weight is 447 g/mol. The van der Waals surface area contributed by atoms with Crippen LogP contribution in [0.3, 0.4) is 0 Å². The minimum Gasteiger partial charge on any atom is -0.447 e. The summed E-state index contributed by atoms with van der Waals surface area (Å²) in [6.07, 6.45) is -0.630. The van der Waals surface area contributed by atoms with Crippen molar-refractivity contribution < 1.29 is 23.9 Å². The van der Waals surface area contributed by atoms with Crippen LogP contribution in [0.5, 0.6) is 0 Å². The van der Waals surface area contributed by atoms with E-state index >= 15 is 0 Å². The SMILES string of the molecule is CC(C)(C)OC(=O)Nc1ccc2cc(C(=O)N3C(=O)OC[C@H]3Cc3ccccc3)ccc2c1. The summed E-state index contributed by atoms with van der Waals surface area (Å²) in [6, 6.07) is 19.9. The van der Waals surface area contributed by atoms with Crippen molar-refractivity contribution in [2.45, 2.75) is 38.8 Å². The molecule has 33 heavy (non-hydrogen) atoms. The van der Waals surface area contributed by atoms with Crippen LogP contribution >= 0.6 is 0 Å². The normalized spacial score (nSPS) is 15.9. The number of ether oxygens (including phenoxy) is 2. The molecule has 7 nitrogen and oxygen atoms in total. The highest BCUT2D eigenvalue weighted by Crippen LogP contribution is 2.25. The van der Waals surface area contributed by atoms with Gasteiger partial charge in [0.05, 0.1) is 6.04 Å². The molecule has 0 aliphatic carbocycles. The molecule has 0 aromatic heterocycles. The fourth-order valence-electron chi connectivity index (χ4n) is 3.76. The average Bonchev–Trinajstić information content (AvgIpc) is 3.12. The minimum atomic E-state index is -0.627. The number of amides is 3. The number of cyclic esters (lactones) is 1. The van der Waals surface area contributed by atoms with Crippen LogP contribution in [0, 0.1) is 0 Å². The summed E-state index contributed by atoms with van der Waals surface area (Å²) in [7, 11) is 0. The van der Waals surface area contributed by atoms with E-state index in [0.29, 0.717) is 17.7 Å². The molecule has 1 aliphatic heterocycles. The Kier molecular flexibility index (Phi) is 6.05. The maximum atomic E-state index is 13.2. The number of anilines is 1. The van der Waals surface area contributed by atoms with Gasteiger partial charge < -0.3 is 9.47 Å². The summed E-state index contributed by atoms with van der Waals surface area (Å²) in [5, 5.41) is 4.36. The molecule has 3 aromatic carbocycles. The highest BCUT2D eigenvalue weighted by atomic mass is 16.6. The smallest absolute Gasteiger partial charge is 0.417 e. The quantitative estimate of drug-likeness (QED) is 0.581. The van der Waals surface area contributed by atoms with Gasteiger partial charge in [-0.2, -0.15) is 0 Å². The first kappa shape index (κ1) is 22.3. The molecule has 0 bridgehead atoms. The molecule has 0 radical (unpaired) electrons. The fraction of sp³-hybridized carbons (Fsp3) is 0.269. The molecular weight excluding hydrogens is 420 g/mol. The van der Waals surface area contributed by atoms with E-state index in [4.69, 9.17) is 9.47 Å². The second kappa shape index (κ2) is 8.94. The number of carbonyl (C=O) groups is 3. The number of benzene rings is 3. The molecule has 1 aliphatic rings. The van der Waals surface area contributed by atoms with Crippen molar-refractivity contribution in [3.05, 3.63) is 77.9 Å². The molecule has 170 valence electrons. The van der Waals surface area contributed by atoms with Gasteiger partial charge in [-0.1, -0.05) is 42.5 Å². The maximum absolute atomic E-state index is 13.2. The van der Waals surface area contributed by atoms with Crippen molar-refractivity contribution in [1.82, 2.24) is 4.90 Å². The van der Waals surface area contributed by atoms with Gasteiger partial charge in [0, 0.05) is 11.3 Å². The molecule has 1 fully saturated rings. The van der Waals surface area contributed by atoms with E-state index in [1.165, 1.54) is 4.90 Å². The fourth-order valence-corrected chi connectivity index (χ4v) is 3.76. The van der Waals surface area contributed by atoms with Crippen molar-refractivity contribution in [1.29, 1.82) is 0 Å². The maximum Gasteiger partial charge on any atom is 0.417 e. The molecule has 1 N–H and O–H groups in total. The molecule has 0 unspecified atom stereocenters. The number of hydrogen-bond acceptors (Lipinski definition) is 5. The third-order valence-corrected chi connectivity index (χ3v) is 5.23. The lowest BCUT2D eigenvalue weighted by Gasteiger charge is -2.20.